The Hall–Kier alpha value is -2.18. The number of aromatic nitrogens is 4. The molecule has 0 radical (unpaired) electrons. The van der Waals surface area contributed by atoms with Gasteiger partial charge in [-0.15, -0.1) is 0 Å². The molecule has 3 heterocycles. The Balaban J connectivity index is 1.78. The Morgan fingerprint density at radius 2 is 2.15 bits per heavy atom. The summed E-state index contributed by atoms with van der Waals surface area (Å²) in [6, 6.07) is 3.41. The van der Waals surface area contributed by atoms with Crippen molar-refractivity contribution >= 4 is 11.6 Å². The molecule has 0 spiro atoms. The van der Waals surface area contributed by atoms with Gasteiger partial charge in [0.15, 0.2) is 0 Å². The first-order chi connectivity index (χ1) is 12.5. The van der Waals surface area contributed by atoms with Crippen LogP contribution in [0, 0.1) is 19.7 Å². The third kappa shape index (κ3) is 2.73. The SMILES string of the molecule is Cc1ccc(Cl)c(CN2CCc3[nH]cnc3[C@H]2c2cnn(C)c2C)c1F. The van der Waals surface area contributed by atoms with Crippen LogP contribution in [0.5, 0.6) is 0 Å². The number of nitrogens with one attached hydrogen (secondary N) is 1. The number of benzene rings is 1. The van der Waals surface area contributed by atoms with E-state index in [4.69, 9.17) is 11.6 Å². The van der Waals surface area contributed by atoms with Crippen LogP contribution in [-0.4, -0.2) is 31.2 Å². The lowest BCUT2D eigenvalue weighted by Crippen LogP contribution is -2.36. The Labute approximate surface area is 156 Å². The number of aromatic amines is 1. The van der Waals surface area contributed by atoms with Gasteiger partial charge in [-0.25, -0.2) is 9.37 Å². The van der Waals surface area contributed by atoms with E-state index in [2.05, 4.69) is 20.0 Å². The number of rotatable bonds is 3. The zero-order chi connectivity index (χ0) is 18.4. The number of aryl methyl sites for hydroxylation is 2. The summed E-state index contributed by atoms with van der Waals surface area (Å²) < 4.78 is 16.6. The van der Waals surface area contributed by atoms with Gasteiger partial charge in [-0.05, 0) is 25.5 Å². The van der Waals surface area contributed by atoms with E-state index >= 15 is 0 Å². The highest BCUT2D eigenvalue weighted by Crippen LogP contribution is 2.37. The minimum Gasteiger partial charge on any atom is -0.348 e. The van der Waals surface area contributed by atoms with Gasteiger partial charge in [-0.1, -0.05) is 17.7 Å². The molecule has 5 nitrogen and oxygen atoms in total. The average molecular weight is 374 g/mol. The molecule has 0 fully saturated rings. The Kier molecular flexibility index (Phi) is 4.32. The fourth-order valence-corrected chi connectivity index (χ4v) is 3.89. The molecule has 2 aromatic heterocycles. The summed E-state index contributed by atoms with van der Waals surface area (Å²) in [5, 5.41) is 4.85. The molecule has 1 aromatic carbocycles. The maximum absolute atomic E-state index is 14.7. The van der Waals surface area contributed by atoms with Gasteiger partial charge in [0.25, 0.3) is 0 Å². The molecule has 0 bridgehead atoms. The van der Waals surface area contributed by atoms with Crippen LogP contribution in [0.4, 0.5) is 4.39 Å². The number of imidazole rings is 1. The molecular formula is C19H21ClFN5. The minimum absolute atomic E-state index is 0.0744. The quantitative estimate of drug-likeness (QED) is 0.761. The minimum atomic E-state index is -0.230. The number of hydrogen-bond acceptors (Lipinski definition) is 3. The summed E-state index contributed by atoms with van der Waals surface area (Å²) in [6.45, 7) is 5.02. The number of fused-ring (bicyclic) bond motifs is 1. The van der Waals surface area contributed by atoms with Crippen LogP contribution in [0.25, 0.3) is 0 Å². The van der Waals surface area contributed by atoms with Crippen LogP contribution < -0.4 is 0 Å². The van der Waals surface area contributed by atoms with Crippen LogP contribution in [0.2, 0.25) is 5.02 Å². The summed E-state index contributed by atoms with van der Waals surface area (Å²) in [4.78, 5) is 10.0. The second kappa shape index (κ2) is 6.52. The summed E-state index contributed by atoms with van der Waals surface area (Å²) in [6.07, 6.45) is 4.45. The molecule has 0 saturated heterocycles. The van der Waals surface area contributed by atoms with Gasteiger partial charge in [0.2, 0.25) is 0 Å². The van der Waals surface area contributed by atoms with Crippen molar-refractivity contribution in [3.8, 4) is 0 Å². The molecule has 4 rings (SSSR count). The number of H-pyrrole nitrogens is 1. The van der Waals surface area contributed by atoms with Gasteiger partial charge < -0.3 is 4.98 Å². The highest BCUT2D eigenvalue weighted by molar-refractivity contribution is 6.31. The van der Waals surface area contributed by atoms with Crippen molar-refractivity contribution in [2.75, 3.05) is 6.54 Å². The molecule has 1 aliphatic rings. The molecule has 26 heavy (non-hydrogen) atoms. The standard InChI is InChI=1S/C19H21ClFN5/c1-11-4-5-15(20)14(17(11)21)9-26-7-6-16-18(23-10-22-16)19(26)13-8-24-25(3)12(13)2/h4-5,8,10,19H,6-7,9H2,1-3H3,(H,22,23)/t19-/m1/s1. The Bertz CT molecular complexity index is 961. The van der Waals surface area contributed by atoms with Crippen LogP contribution in [-0.2, 0) is 20.0 Å². The highest BCUT2D eigenvalue weighted by atomic mass is 35.5. The lowest BCUT2D eigenvalue weighted by atomic mass is 9.95. The Morgan fingerprint density at radius 3 is 2.88 bits per heavy atom. The maximum atomic E-state index is 14.7. The monoisotopic (exact) mass is 373 g/mol. The van der Waals surface area contributed by atoms with Crippen LogP contribution in [0.1, 0.15) is 39.8 Å². The van der Waals surface area contributed by atoms with Crippen LogP contribution in [0.3, 0.4) is 0 Å². The molecule has 0 aliphatic carbocycles. The first kappa shape index (κ1) is 17.2. The fraction of sp³-hybridized carbons (Fsp3) is 0.368. The zero-order valence-electron chi connectivity index (χ0n) is 15.1. The summed E-state index contributed by atoms with van der Waals surface area (Å²) in [5.41, 5.74) is 5.42. The van der Waals surface area contributed by atoms with E-state index in [-0.39, 0.29) is 11.9 Å². The summed E-state index contributed by atoms with van der Waals surface area (Å²) >= 11 is 6.32. The summed E-state index contributed by atoms with van der Waals surface area (Å²) in [7, 11) is 1.93. The molecule has 0 amide bonds. The second-order valence-corrected chi connectivity index (χ2v) is 7.26. The smallest absolute Gasteiger partial charge is 0.132 e. The molecule has 3 aromatic rings. The van der Waals surface area contributed by atoms with E-state index < -0.39 is 0 Å². The van der Waals surface area contributed by atoms with Crippen molar-refractivity contribution < 1.29 is 4.39 Å². The number of hydrogen-bond donors (Lipinski definition) is 1. The van der Waals surface area contributed by atoms with Crippen molar-refractivity contribution in [3.63, 3.8) is 0 Å². The highest BCUT2D eigenvalue weighted by Gasteiger charge is 2.34. The molecule has 7 heteroatoms. The van der Waals surface area contributed by atoms with E-state index in [1.807, 2.05) is 24.9 Å². The van der Waals surface area contributed by atoms with Gasteiger partial charge in [0, 0.05) is 54.1 Å². The van der Waals surface area contributed by atoms with Gasteiger partial charge in [0.05, 0.1) is 24.3 Å². The molecule has 1 aliphatic heterocycles. The summed E-state index contributed by atoms with van der Waals surface area (Å²) in [5.74, 6) is -0.230. The van der Waals surface area contributed by atoms with Crippen molar-refractivity contribution in [1.82, 2.24) is 24.6 Å². The van der Waals surface area contributed by atoms with Crippen molar-refractivity contribution in [3.05, 3.63) is 69.3 Å². The third-order valence-corrected chi connectivity index (χ3v) is 5.69. The van der Waals surface area contributed by atoms with Crippen molar-refractivity contribution in [2.24, 2.45) is 7.05 Å². The van der Waals surface area contributed by atoms with E-state index in [0.29, 0.717) is 22.7 Å². The molecule has 0 saturated carbocycles. The van der Waals surface area contributed by atoms with Crippen LogP contribution >= 0.6 is 11.6 Å². The van der Waals surface area contributed by atoms with Gasteiger partial charge in [0.1, 0.15) is 5.82 Å². The molecule has 136 valence electrons. The van der Waals surface area contributed by atoms with E-state index in [1.54, 1.807) is 25.4 Å². The number of halogens is 2. The molecule has 1 N–H and O–H groups in total. The normalized spacial score (nSPS) is 17.5. The lowest BCUT2D eigenvalue weighted by Gasteiger charge is -2.35. The van der Waals surface area contributed by atoms with Crippen molar-refractivity contribution in [2.45, 2.75) is 32.9 Å². The van der Waals surface area contributed by atoms with E-state index in [0.717, 1.165) is 35.6 Å². The van der Waals surface area contributed by atoms with Crippen LogP contribution in [0.15, 0.2) is 24.7 Å². The second-order valence-electron chi connectivity index (χ2n) is 6.86. The molecular weight excluding hydrogens is 353 g/mol. The predicted octanol–water partition coefficient (Wildman–Crippen LogP) is 3.70. The first-order valence-corrected chi connectivity index (χ1v) is 9.03. The Morgan fingerprint density at radius 1 is 1.35 bits per heavy atom. The molecule has 1 atom stereocenters. The zero-order valence-corrected chi connectivity index (χ0v) is 15.8. The maximum Gasteiger partial charge on any atom is 0.132 e. The number of nitrogens with zero attached hydrogens (tertiary/aromatic N) is 4. The van der Waals surface area contributed by atoms with E-state index in [1.165, 1.54) is 0 Å². The lowest BCUT2D eigenvalue weighted by molar-refractivity contribution is 0.197. The molecule has 0 unspecified atom stereocenters. The van der Waals surface area contributed by atoms with Gasteiger partial charge in [-0.2, -0.15) is 5.10 Å². The largest absolute Gasteiger partial charge is 0.348 e. The van der Waals surface area contributed by atoms with E-state index in [9.17, 15) is 4.39 Å². The first-order valence-electron chi connectivity index (χ1n) is 8.65. The fourth-order valence-electron chi connectivity index (χ4n) is 3.69. The van der Waals surface area contributed by atoms with Gasteiger partial charge >= 0.3 is 0 Å². The van der Waals surface area contributed by atoms with Crippen molar-refractivity contribution in [1.29, 1.82) is 0 Å². The topological polar surface area (TPSA) is 49.7 Å². The predicted molar refractivity (Wildman–Crippen MR) is 98.6 cm³/mol. The van der Waals surface area contributed by atoms with Gasteiger partial charge in [-0.3, -0.25) is 9.58 Å². The average Bonchev–Trinajstić information content (AvgIpc) is 3.23. The third-order valence-electron chi connectivity index (χ3n) is 5.33.